The summed E-state index contributed by atoms with van der Waals surface area (Å²) in [4.78, 5) is 2.56. The maximum Gasteiger partial charge on any atom is 0.284 e. The zero-order valence-electron chi connectivity index (χ0n) is 8.75. The van der Waals surface area contributed by atoms with Crippen LogP contribution in [0.5, 0.6) is 0 Å². The fourth-order valence-corrected chi connectivity index (χ4v) is 1.39. The van der Waals surface area contributed by atoms with E-state index in [1.807, 2.05) is 0 Å². The van der Waals surface area contributed by atoms with Gasteiger partial charge in [0.2, 0.25) is 5.89 Å². The Balaban J connectivity index is 2.07. The molecule has 0 aliphatic heterocycles. The van der Waals surface area contributed by atoms with E-state index in [-0.39, 0.29) is 0 Å². The molecule has 14 heavy (non-hydrogen) atoms. The molecular formula is C9H17N3OS. The number of rotatable bonds is 6. The highest BCUT2D eigenvalue weighted by Crippen LogP contribution is 2.04. The molecule has 0 unspecified atom stereocenters. The van der Waals surface area contributed by atoms with Crippen LogP contribution in [0, 0.1) is 4.84 Å². The molecule has 0 atom stereocenters. The Labute approximate surface area is 89.3 Å². The lowest BCUT2D eigenvalue weighted by molar-refractivity contribution is 0.388. The quantitative estimate of drug-likeness (QED) is 0.582. The average molecular weight is 215 g/mol. The fraction of sp³-hybridized carbons (Fsp3) is 0.778. The van der Waals surface area contributed by atoms with Gasteiger partial charge in [0.25, 0.3) is 4.84 Å². The molecule has 0 fully saturated rings. The molecule has 0 aliphatic carbocycles. The molecule has 0 bridgehead atoms. The Hall–Kier alpha value is -0.680. The van der Waals surface area contributed by atoms with Crippen LogP contribution in [0.4, 0.5) is 0 Å². The van der Waals surface area contributed by atoms with Crippen LogP contribution in [-0.2, 0) is 6.42 Å². The Morgan fingerprint density at radius 1 is 1.36 bits per heavy atom. The van der Waals surface area contributed by atoms with Gasteiger partial charge in [-0.05, 0) is 45.7 Å². The van der Waals surface area contributed by atoms with Gasteiger partial charge in [-0.1, -0.05) is 6.42 Å². The summed E-state index contributed by atoms with van der Waals surface area (Å²) in [6, 6.07) is 0. The van der Waals surface area contributed by atoms with Crippen LogP contribution >= 0.6 is 12.2 Å². The van der Waals surface area contributed by atoms with Gasteiger partial charge in [-0.3, -0.25) is 0 Å². The van der Waals surface area contributed by atoms with Gasteiger partial charge in [0.15, 0.2) is 0 Å². The van der Waals surface area contributed by atoms with Crippen LogP contribution < -0.4 is 0 Å². The van der Waals surface area contributed by atoms with Crippen LogP contribution in [0.25, 0.3) is 0 Å². The summed E-state index contributed by atoms with van der Waals surface area (Å²) in [7, 11) is 4.18. The number of aromatic amines is 1. The molecule has 1 aromatic heterocycles. The van der Waals surface area contributed by atoms with E-state index in [0.29, 0.717) is 4.84 Å². The number of hydrogen-bond donors (Lipinski definition) is 1. The average Bonchev–Trinajstić information content (AvgIpc) is 2.50. The summed E-state index contributed by atoms with van der Waals surface area (Å²) < 4.78 is 5.15. The first-order valence-electron chi connectivity index (χ1n) is 4.87. The number of hydrogen-bond acceptors (Lipinski definition) is 4. The van der Waals surface area contributed by atoms with Crippen LogP contribution in [0.15, 0.2) is 4.42 Å². The van der Waals surface area contributed by atoms with Gasteiger partial charge in [-0.25, -0.2) is 5.10 Å². The second-order valence-electron chi connectivity index (χ2n) is 3.62. The van der Waals surface area contributed by atoms with Crippen molar-refractivity contribution in [3.05, 3.63) is 10.7 Å². The molecule has 5 heteroatoms. The molecule has 80 valence electrons. The summed E-state index contributed by atoms with van der Waals surface area (Å²) in [5.74, 6) is 0.722. The summed E-state index contributed by atoms with van der Waals surface area (Å²) in [5.41, 5.74) is 0. The third kappa shape index (κ3) is 4.53. The molecule has 0 saturated carbocycles. The van der Waals surface area contributed by atoms with Crippen molar-refractivity contribution in [1.82, 2.24) is 15.1 Å². The highest BCUT2D eigenvalue weighted by atomic mass is 32.1. The maximum atomic E-state index is 5.15. The van der Waals surface area contributed by atoms with Crippen LogP contribution in [-0.4, -0.2) is 35.7 Å². The lowest BCUT2D eigenvalue weighted by Crippen LogP contribution is -2.12. The van der Waals surface area contributed by atoms with E-state index in [4.69, 9.17) is 16.6 Å². The highest BCUT2D eigenvalue weighted by molar-refractivity contribution is 7.71. The topological polar surface area (TPSA) is 45.1 Å². The Morgan fingerprint density at radius 3 is 2.71 bits per heavy atom. The molecule has 1 aromatic rings. The van der Waals surface area contributed by atoms with Crippen molar-refractivity contribution in [2.45, 2.75) is 25.7 Å². The maximum absolute atomic E-state index is 5.15. The van der Waals surface area contributed by atoms with E-state index in [9.17, 15) is 0 Å². The van der Waals surface area contributed by atoms with E-state index in [0.717, 1.165) is 25.3 Å². The number of aryl methyl sites for hydroxylation is 1. The van der Waals surface area contributed by atoms with Gasteiger partial charge in [-0.15, -0.1) is 5.10 Å². The predicted octanol–water partition coefficient (Wildman–Crippen LogP) is 2.01. The predicted molar refractivity (Wildman–Crippen MR) is 57.8 cm³/mol. The summed E-state index contributed by atoms with van der Waals surface area (Å²) in [6.07, 6.45) is 4.41. The molecule has 1 rings (SSSR count). The van der Waals surface area contributed by atoms with E-state index in [1.54, 1.807) is 0 Å². The molecule has 0 spiro atoms. The zero-order chi connectivity index (χ0) is 10.4. The van der Waals surface area contributed by atoms with Crippen molar-refractivity contribution in [3.8, 4) is 0 Å². The summed E-state index contributed by atoms with van der Waals surface area (Å²) in [5, 5.41) is 6.56. The molecule has 0 aromatic carbocycles. The number of aromatic nitrogens is 2. The fourth-order valence-electron chi connectivity index (χ4n) is 1.25. The Kier molecular flexibility index (Phi) is 4.82. The van der Waals surface area contributed by atoms with Crippen molar-refractivity contribution >= 4 is 12.2 Å². The molecule has 1 heterocycles. The smallest absolute Gasteiger partial charge is 0.284 e. The van der Waals surface area contributed by atoms with Gasteiger partial charge in [-0.2, -0.15) is 0 Å². The lowest BCUT2D eigenvalue weighted by Gasteiger charge is -2.07. The Bertz CT molecular complexity index is 305. The molecular weight excluding hydrogens is 198 g/mol. The third-order valence-corrected chi connectivity index (χ3v) is 2.15. The van der Waals surface area contributed by atoms with E-state index >= 15 is 0 Å². The first kappa shape index (κ1) is 11.4. The molecule has 0 aliphatic rings. The van der Waals surface area contributed by atoms with Crippen molar-refractivity contribution < 1.29 is 4.42 Å². The van der Waals surface area contributed by atoms with Gasteiger partial charge in [0.1, 0.15) is 0 Å². The zero-order valence-corrected chi connectivity index (χ0v) is 9.56. The van der Waals surface area contributed by atoms with Gasteiger partial charge >= 0.3 is 0 Å². The summed E-state index contributed by atoms with van der Waals surface area (Å²) in [6.45, 7) is 1.14. The van der Waals surface area contributed by atoms with E-state index in [1.165, 1.54) is 12.8 Å². The van der Waals surface area contributed by atoms with Gasteiger partial charge in [0.05, 0.1) is 0 Å². The SMILES string of the molecule is CN(C)CCCCCc1n[nH]c(=S)o1. The minimum absolute atomic E-state index is 0.369. The van der Waals surface area contributed by atoms with Crippen LogP contribution in [0.2, 0.25) is 0 Å². The van der Waals surface area contributed by atoms with E-state index in [2.05, 4.69) is 29.2 Å². The van der Waals surface area contributed by atoms with Crippen molar-refractivity contribution in [2.75, 3.05) is 20.6 Å². The normalized spacial score (nSPS) is 11.1. The number of unbranched alkanes of at least 4 members (excludes halogenated alkanes) is 2. The first-order valence-corrected chi connectivity index (χ1v) is 5.28. The minimum Gasteiger partial charge on any atom is -0.414 e. The second kappa shape index (κ2) is 5.93. The molecule has 4 nitrogen and oxygen atoms in total. The third-order valence-electron chi connectivity index (χ3n) is 1.98. The van der Waals surface area contributed by atoms with Gasteiger partial charge in [0, 0.05) is 6.42 Å². The number of nitrogens with one attached hydrogen (secondary N) is 1. The van der Waals surface area contributed by atoms with Gasteiger partial charge < -0.3 is 9.32 Å². The van der Waals surface area contributed by atoms with E-state index < -0.39 is 0 Å². The van der Waals surface area contributed by atoms with Crippen molar-refractivity contribution in [3.63, 3.8) is 0 Å². The van der Waals surface area contributed by atoms with Crippen molar-refractivity contribution in [1.29, 1.82) is 0 Å². The second-order valence-corrected chi connectivity index (χ2v) is 3.99. The molecule has 0 radical (unpaired) electrons. The van der Waals surface area contributed by atoms with Crippen molar-refractivity contribution in [2.24, 2.45) is 0 Å². The Morgan fingerprint density at radius 2 is 2.14 bits per heavy atom. The highest BCUT2D eigenvalue weighted by Gasteiger charge is 1.99. The van der Waals surface area contributed by atoms with Crippen LogP contribution in [0.1, 0.15) is 25.2 Å². The number of H-pyrrole nitrogens is 1. The minimum atomic E-state index is 0.369. The number of nitrogens with zero attached hydrogens (tertiary/aromatic N) is 2. The molecule has 0 amide bonds. The molecule has 0 saturated heterocycles. The standard InChI is InChI=1S/C9H17N3OS/c1-12(2)7-5-3-4-6-8-10-11-9(14)13-8/h3-7H2,1-2H3,(H,11,14). The first-order chi connectivity index (χ1) is 6.68. The molecule has 1 N–H and O–H groups in total. The lowest BCUT2D eigenvalue weighted by atomic mass is 10.2. The largest absolute Gasteiger partial charge is 0.414 e. The monoisotopic (exact) mass is 215 g/mol. The van der Waals surface area contributed by atoms with Crippen LogP contribution in [0.3, 0.4) is 0 Å². The summed E-state index contributed by atoms with van der Waals surface area (Å²) >= 11 is 4.78.